The second-order valence-corrected chi connectivity index (χ2v) is 11.7. The van der Waals surface area contributed by atoms with Gasteiger partial charge in [0.25, 0.3) is 0 Å². The normalized spacial score (nSPS) is 26.7. The van der Waals surface area contributed by atoms with Crippen molar-refractivity contribution in [3.8, 4) is 0 Å². The Morgan fingerprint density at radius 3 is 2.33 bits per heavy atom. The average molecular weight is 636 g/mol. The van der Waals surface area contributed by atoms with Crippen LogP contribution >= 0.6 is 24.2 Å². The summed E-state index contributed by atoms with van der Waals surface area (Å²) in [5.74, 6) is -5.01. The number of aryl methyl sites for hydroxylation is 1. The van der Waals surface area contributed by atoms with Crippen molar-refractivity contribution in [2.75, 3.05) is 26.4 Å². The number of hydrogen-bond donors (Lipinski definition) is 2. The molecular weight excluding hydrogens is 593 g/mol. The Morgan fingerprint density at radius 2 is 1.81 bits per heavy atom. The summed E-state index contributed by atoms with van der Waals surface area (Å²) in [5, 5.41) is 11.0. The van der Waals surface area contributed by atoms with E-state index in [1.807, 2.05) is 20.8 Å². The lowest BCUT2D eigenvalue weighted by Crippen LogP contribution is -2.59. The second kappa shape index (κ2) is 17.1. The monoisotopic (exact) mass is 635 g/mol. The Morgan fingerprint density at radius 1 is 1.14 bits per heavy atom. The molecule has 0 unspecified atom stereocenters. The molecule has 42 heavy (non-hydrogen) atoms. The molecule has 0 aliphatic heterocycles. The number of carbonyl (C=O) groups excluding carboxylic acids is 4. The van der Waals surface area contributed by atoms with Crippen LogP contribution < -0.4 is 5.73 Å². The number of aldehydes is 1. The minimum absolute atomic E-state index is 0. The van der Waals surface area contributed by atoms with Crippen molar-refractivity contribution in [2.24, 2.45) is 41.2 Å². The SMILES string of the molecule is CC[C@H](C)C(=O)OCOC(=O)[C@H]1[C@@H]2[C@H](O)[C@@H](CSc3ccc(F)c(C)c3)[C@@](N)(C(=O)OCOC)[C@H]12.CC[C@H](C)C=O.Cl. The number of esters is 3. The molecule has 2 aliphatic carbocycles. The fourth-order valence-corrected chi connectivity index (χ4v) is 6.05. The van der Waals surface area contributed by atoms with Crippen molar-refractivity contribution in [1.82, 2.24) is 0 Å². The summed E-state index contributed by atoms with van der Waals surface area (Å²) in [4.78, 5) is 47.9. The smallest absolute Gasteiger partial charge is 0.328 e. The molecule has 0 bridgehead atoms. The highest BCUT2D eigenvalue weighted by atomic mass is 35.5. The zero-order valence-electron chi connectivity index (χ0n) is 24.9. The van der Waals surface area contributed by atoms with Crippen molar-refractivity contribution in [1.29, 1.82) is 0 Å². The van der Waals surface area contributed by atoms with E-state index in [9.17, 15) is 28.7 Å². The Kier molecular flexibility index (Phi) is 15.4. The van der Waals surface area contributed by atoms with Crippen LogP contribution in [0, 0.1) is 48.2 Å². The first-order chi connectivity index (χ1) is 19.4. The molecule has 10 nitrogen and oxygen atoms in total. The number of halogens is 2. The fraction of sp³-hybridized carbons (Fsp3) is 0.655. The van der Waals surface area contributed by atoms with Gasteiger partial charge >= 0.3 is 17.9 Å². The van der Waals surface area contributed by atoms with Crippen LogP contribution in [0.5, 0.6) is 0 Å². The number of aliphatic hydroxyl groups is 1. The van der Waals surface area contributed by atoms with Crippen LogP contribution in [0.3, 0.4) is 0 Å². The number of ether oxygens (including phenoxy) is 4. The van der Waals surface area contributed by atoms with Crippen molar-refractivity contribution < 1.29 is 47.6 Å². The first-order valence-corrected chi connectivity index (χ1v) is 14.7. The zero-order valence-corrected chi connectivity index (χ0v) is 26.5. The van der Waals surface area contributed by atoms with Gasteiger partial charge in [0, 0.05) is 41.4 Å². The summed E-state index contributed by atoms with van der Waals surface area (Å²) in [6, 6.07) is 4.63. The van der Waals surface area contributed by atoms with E-state index in [4.69, 9.17) is 24.7 Å². The number of nitrogens with two attached hydrogens (primary N) is 1. The molecule has 0 radical (unpaired) electrons. The van der Waals surface area contributed by atoms with E-state index in [2.05, 4.69) is 0 Å². The number of hydrogen-bond acceptors (Lipinski definition) is 11. The predicted octanol–water partition coefficient (Wildman–Crippen LogP) is 3.67. The van der Waals surface area contributed by atoms with Crippen molar-refractivity contribution in [3.05, 3.63) is 29.6 Å². The minimum atomic E-state index is -1.66. The molecule has 2 saturated carbocycles. The van der Waals surface area contributed by atoms with E-state index >= 15 is 0 Å². The lowest BCUT2D eigenvalue weighted by molar-refractivity contribution is -0.172. The molecule has 2 aliphatic rings. The number of thioether (sulfide) groups is 1. The number of aliphatic hydroxyl groups excluding tert-OH is 1. The number of methoxy groups -OCH3 is 1. The number of rotatable bonds is 13. The Labute approximate surface area is 256 Å². The van der Waals surface area contributed by atoms with Gasteiger partial charge in [-0.2, -0.15) is 0 Å². The van der Waals surface area contributed by atoms with Crippen LogP contribution in [-0.4, -0.2) is 67.4 Å². The van der Waals surface area contributed by atoms with Crippen LogP contribution in [0.15, 0.2) is 23.1 Å². The van der Waals surface area contributed by atoms with Crippen molar-refractivity contribution in [3.63, 3.8) is 0 Å². The van der Waals surface area contributed by atoms with Gasteiger partial charge in [-0.25, -0.2) is 9.18 Å². The molecular formula is C29H43ClFNO9S. The van der Waals surface area contributed by atoms with E-state index in [0.717, 1.165) is 17.6 Å². The molecule has 0 saturated heterocycles. The molecule has 3 N–H and O–H groups in total. The molecule has 1 aromatic carbocycles. The van der Waals surface area contributed by atoms with Gasteiger partial charge in [-0.05, 0) is 43.5 Å². The van der Waals surface area contributed by atoms with E-state index < -0.39 is 60.0 Å². The van der Waals surface area contributed by atoms with Gasteiger partial charge in [0.1, 0.15) is 17.6 Å². The molecule has 238 valence electrons. The Hall–Kier alpha value is -2.25. The molecule has 2 fully saturated rings. The zero-order chi connectivity index (χ0) is 30.9. The molecule has 13 heteroatoms. The topological polar surface area (TPSA) is 151 Å². The quantitative estimate of drug-likeness (QED) is 0.141. The summed E-state index contributed by atoms with van der Waals surface area (Å²) >= 11 is 1.32. The van der Waals surface area contributed by atoms with Crippen LogP contribution in [0.2, 0.25) is 0 Å². The molecule has 0 spiro atoms. The highest BCUT2D eigenvalue weighted by molar-refractivity contribution is 7.99. The summed E-state index contributed by atoms with van der Waals surface area (Å²) in [5.41, 5.74) is 5.40. The average Bonchev–Trinajstić information content (AvgIpc) is 3.68. The molecule has 0 amide bonds. The van der Waals surface area contributed by atoms with Crippen LogP contribution in [0.4, 0.5) is 4.39 Å². The van der Waals surface area contributed by atoms with Gasteiger partial charge in [-0.1, -0.05) is 27.7 Å². The van der Waals surface area contributed by atoms with Gasteiger partial charge in [0.05, 0.1) is 17.9 Å². The lowest BCUT2D eigenvalue weighted by Gasteiger charge is -2.34. The largest absolute Gasteiger partial charge is 0.437 e. The first kappa shape index (κ1) is 37.8. The highest BCUT2D eigenvalue weighted by Crippen LogP contribution is 2.64. The summed E-state index contributed by atoms with van der Waals surface area (Å²) in [7, 11) is 1.35. The third-order valence-electron chi connectivity index (χ3n) is 7.83. The van der Waals surface area contributed by atoms with E-state index in [1.165, 1.54) is 24.9 Å². The van der Waals surface area contributed by atoms with E-state index in [-0.39, 0.29) is 42.6 Å². The van der Waals surface area contributed by atoms with E-state index in [1.54, 1.807) is 26.0 Å². The maximum atomic E-state index is 13.6. The van der Waals surface area contributed by atoms with Gasteiger partial charge in [0.15, 0.2) is 6.79 Å². The fourth-order valence-electron chi connectivity index (χ4n) is 4.78. The second-order valence-electron chi connectivity index (χ2n) is 10.6. The number of benzene rings is 1. The van der Waals surface area contributed by atoms with Crippen LogP contribution in [-0.2, 0) is 38.1 Å². The highest BCUT2D eigenvalue weighted by Gasteiger charge is 2.78. The van der Waals surface area contributed by atoms with E-state index in [0.29, 0.717) is 12.0 Å². The van der Waals surface area contributed by atoms with Crippen molar-refractivity contribution >= 4 is 48.4 Å². The summed E-state index contributed by atoms with van der Waals surface area (Å²) in [6.07, 6.45) is 1.44. The summed E-state index contributed by atoms with van der Waals surface area (Å²) < 4.78 is 33.6. The van der Waals surface area contributed by atoms with Crippen LogP contribution in [0.25, 0.3) is 0 Å². The van der Waals surface area contributed by atoms with Gasteiger partial charge in [0.2, 0.25) is 6.79 Å². The van der Waals surface area contributed by atoms with Gasteiger partial charge in [-0.3, -0.25) is 9.59 Å². The Bertz CT molecular complexity index is 1080. The maximum Gasteiger partial charge on any atom is 0.328 e. The third kappa shape index (κ3) is 8.89. The molecule has 0 aromatic heterocycles. The Balaban J connectivity index is 0.00000114. The van der Waals surface area contributed by atoms with Crippen LogP contribution in [0.1, 0.15) is 46.1 Å². The molecule has 1 aromatic rings. The molecule has 0 heterocycles. The standard InChI is InChI=1S/C24H32FNO8S.C5H10O.ClH/c1-5-12(2)21(28)32-11-33-22(29)18-17-19(18)24(26,23(30)34-10-31-4)15(20(17)27)9-35-14-6-7-16(25)13(3)8-14;1-3-5(2)4-6;/h6-8,12,15,17-20,27H,5,9-11,26H2,1-4H3;4-5H,3H2,1-2H3;1H/t12-,15+,17-,18-,19-,20+,24-;5-;/m00./s1. The molecule has 3 rings (SSSR count). The minimum Gasteiger partial charge on any atom is -0.437 e. The lowest BCUT2D eigenvalue weighted by atomic mass is 9.81. The van der Waals surface area contributed by atoms with Gasteiger partial charge in [-0.15, -0.1) is 24.2 Å². The van der Waals surface area contributed by atoms with Crippen molar-refractivity contribution in [2.45, 2.75) is 64.0 Å². The summed E-state index contributed by atoms with van der Waals surface area (Å²) in [6.45, 7) is 8.20. The maximum absolute atomic E-state index is 13.6. The number of carbonyl (C=O) groups is 4. The first-order valence-electron chi connectivity index (χ1n) is 13.7. The predicted molar refractivity (Wildman–Crippen MR) is 156 cm³/mol. The third-order valence-corrected chi connectivity index (χ3v) is 8.95. The number of fused-ring (bicyclic) bond motifs is 1. The van der Waals surface area contributed by atoms with Gasteiger partial charge < -0.3 is 34.6 Å². The molecule has 8 atom stereocenters.